The summed E-state index contributed by atoms with van der Waals surface area (Å²) in [6.45, 7) is 2.95. The Morgan fingerprint density at radius 1 is 1.13 bits per heavy atom. The molecule has 0 bridgehead atoms. The van der Waals surface area contributed by atoms with Gasteiger partial charge in [-0.1, -0.05) is 24.3 Å². The molecule has 4 aromatic rings. The molecule has 3 heterocycles. The van der Waals surface area contributed by atoms with E-state index in [1.165, 1.54) is 17.6 Å². The molecule has 0 aliphatic rings. The number of nitrogens with one attached hydrogen (secondary N) is 2. The molecule has 8 heteroatoms. The predicted molar refractivity (Wildman–Crippen MR) is 115 cm³/mol. The van der Waals surface area contributed by atoms with Crippen molar-refractivity contribution in [1.82, 2.24) is 14.9 Å². The number of carbonyl (C=O) groups is 2. The first kappa shape index (κ1) is 19.7. The van der Waals surface area contributed by atoms with Gasteiger partial charge in [-0.2, -0.15) is 0 Å². The fraction of sp³-hybridized carbons (Fsp3) is 0.136. The zero-order valence-electron chi connectivity index (χ0n) is 16.3. The molecule has 2 N–H and O–H groups in total. The predicted octanol–water partition coefficient (Wildman–Crippen LogP) is 4.08. The van der Waals surface area contributed by atoms with Crippen LogP contribution >= 0.6 is 11.3 Å². The number of hydrogen-bond donors (Lipinski definition) is 2. The molecular formula is C22H20N4O3S. The van der Waals surface area contributed by atoms with E-state index in [4.69, 9.17) is 4.42 Å². The second kappa shape index (κ2) is 8.79. The lowest BCUT2D eigenvalue weighted by Gasteiger charge is -2.11. The van der Waals surface area contributed by atoms with Crippen LogP contribution in [0.4, 0.5) is 5.00 Å². The van der Waals surface area contributed by atoms with Gasteiger partial charge < -0.3 is 19.6 Å². The zero-order valence-corrected chi connectivity index (χ0v) is 17.1. The molecule has 152 valence electrons. The lowest BCUT2D eigenvalue weighted by Crippen LogP contribution is -2.23. The average molecular weight is 420 g/mol. The normalized spacial score (nSPS) is 10.7. The number of aromatic nitrogens is 2. The molecule has 0 atom stereocenters. The second-order valence-electron chi connectivity index (χ2n) is 6.74. The van der Waals surface area contributed by atoms with E-state index in [2.05, 4.69) is 15.6 Å². The van der Waals surface area contributed by atoms with E-state index >= 15 is 0 Å². The van der Waals surface area contributed by atoms with E-state index in [0.29, 0.717) is 23.0 Å². The standard InChI is InChI=1S/C22H20N4O3S/c1-15-11-19(25-21(27)18-7-4-10-29-18)30-20(15)22(28)24-12-16-5-2-3-6-17(16)13-26-9-8-23-14-26/h2-11,14H,12-13H2,1H3,(H,24,28)(H,25,27). The van der Waals surface area contributed by atoms with Crippen LogP contribution < -0.4 is 10.6 Å². The molecule has 0 saturated carbocycles. The molecule has 0 aliphatic heterocycles. The van der Waals surface area contributed by atoms with Gasteiger partial charge in [-0.25, -0.2) is 4.98 Å². The van der Waals surface area contributed by atoms with Gasteiger partial charge in [0.1, 0.15) is 0 Å². The number of benzene rings is 1. The van der Waals surface area contributed by atoms with Gasteiger partial charge in [0, 0.05) is 25.5 Å². The minimum atomic E-state index is -0.346. The summed E-state index contributed by atoms with van der Waals surface area (Å²) in [5.41, 5.74) is 2.96. The number of aryl methyl sites for hydroxylation is 1. The van der Waals surface area contributed by atoms with Crippen LogP contribution in [-0.4, -0.2) is 21.4 Å². The Balaban J connectivity index is 1.41. The van der Waals surface area contributed by atoms with Gasteiger partial charge >= 0.3 is 0 Å². The summed E-state index contributed by atoms with van der Waals surface area (Å²) in [5, 5.41) is 6.35. The van der Waals surface area contributed by atoms with E-state index in [9.17, 15) is 9.59 Å². The van der Waals surface area contributed by atoms with Crippen molar-refractivity contribution in [1.29, 1.82) is 0 Å². The number of rotatable bonds is 7. The third kappa shape index (κ3) is 4.49. The number of furan rings is 1. The summed E-state index contributed by atoms with van der Waals surface area (Å²) in [5.74, 6) is -0.295. The summed E-state index contributed by atoms with van der Waals surface area (Å²) in [6, 6.07) is 13.0. The van der Waals surface area contributed by atoms with Crippen LogP contribution in [0.3, 0.4) is 0 Å². The molecule has 4 rings (SSSR count). The van der Waals surface area contributed by atoms with E-state index in [1.54, 1.807) is 30.7 Å². The first-order valence-electron chi connectivity index (χ1n) is 9.36. The third-order valence-corrected chi connectivity index (χ3v) is 5.73. The molecule has 1 aromatic carbocycles. The Labute approximate surface area is 177 Å². The maximum Gasteiger partial charge on any atom is 0.291 e. The Bertz CT molecular complexity index is 1150. The van der Waals surface area contributed by atoms with Crippen molar-refractivity contribution in [3.63, 3.8) is 0 Å². The van der Waals surface area contributed by atoms with Crippen LogP contribution in [0.2, 0.25) is 0 Å². The SMILES string of the molecule is Cc1cc(NC(=O)c2ccco2)sc1C(=O)NCc1ccccc1Cn1ccnc1. The first-order chi connectivity index (χ1) is 14.6. The minimum Gasteiger partial charge on any atom is -0.459 e. The van der Waals surface area contributed by atoms with Crippen molar-refractivity contribution < 1.29 is 14.0 Å². The van der Waals surface area contributed by atoms with Crippen molar-refractivity contribution in [3.8, 4) is 0 Å². The first-order valence-corrected chi connectivity index (χ1v) is 10.2. The molecule has 0 radical (unpaired) electrons. The van der Waals surface area contributed by atoms with Crippen molar-refractivity contribution in [2.24, 2.45) is 0 Å². The van der Waals surface area contributed by atoms with Crippen molar-refractivity contribution in [3.05, 3.63) is 94.8 Å². The van der Waals surface area contributed by atoms with Crippen LogP contribution in [0.5, 0.6) is 0 Å². The Morgan fingerprint density at radius 2 is 1.97 bits per heavy atom. The van der Waals surface area contributed by atoms with Crippen molar-refractivity contribution in [2.45, 2.75) is 20.0 Å². The number of thiophene rings is 1. The van der Waals surface area contributed by atoms with Crippen LogP contribution in [0.25, 0.3) is 0 Å². The van der Waals surface area contributed by atoms with E-state index in [1.807, 2.05) is 42.0 Å². The summed E-state index contributed by atoms with van der Waals surface area (Å²) in [7, 11) is 0. The fourth-order valence-corrected chi connectivity index (χ4v) is 4.05. The number of imidazole rings is 1. The highest BCUT2D eigenvalue weighted by Gasteiger charge is 2.17. The number of amides is 2. The lowest BCUT2D eigenvalue weighted by molar-refractivity contribution is 0.0953. The lowest BCUT2D eigenvalue weighted by atomic mass is 10.1. The molecule has 30 heavy (non-hydrogen) atoms. The van der Waals surface area contributed by atoms with Gasteiger partial charge in [0.05, 0.1) is 22.5 Å². The maximum atomic E-state index is 12.7. The molecule has 0 spiro atoms. The number of carbonyl (C=O) groups excluding carboxylic acids is 2. The third-order valence-electron chi connectivity index (χ3n) is 4.58. The highest BCUT2D eigenvalue weighted by atomic mass is 32.1. The molecule has 2 amide bonds. The van der Waals surface area contributed by atoms with Crippen molar-refractivity contribution in [2.75, 3.05) is 5.32 Å². The molecule has 0 aliphatic carbocycles. The monoisotopic (exact) mass is 420 g/mol. The van der Waals surface area contributed by atoms with Crippen LogP contribution in [0, 0.1) is 6.92 Å². The smallest absolute Gasteiger partial charge is 0.291 e. The van der Waals surface area contributed by atoms with Crippen molar-refractivity contribution >= 4 is 28.2 Å². The van der Waals surface area contributed by atoms with Gasteiger partial charge in [-0.15, -0.1) is 11.3 Å². The second-order valence-corrected chi connectivity index (χ2v) is 7.79. The van der Waals surface area contributed by atoms with E-state index in [0.717, 1.165) is 16.7 Å². The van der Waals surface area contributed by atoms with Crippen LogP contribution in [-0.2, 0) is 13.1 Å². The summed E-state index contributed by atoms with van der Waals surface area (Å²) < 4.78 is 7.08. The Morgan fingerprint density at radius 3 is 2.70 bits per heavy atom. The highest BCUT2D eigenvalue weighted by molar-refractivity contribution is 7.18. The van der Waals surface area contributed by atoms with Gasteiger partial charge in [-0.3, -0.25) is 9.59 Å². The van der Waals surface area contributed by atoms with E-state index in [-0.39, 0.29) is 17.6 Å². The largest absolute Gasteiger partial charge is 0.459 e. The summed E-state index contributed by atoms with van der Waals surface area (Å²) in [6.07, 6.45) is 6.86. The molecule has 0 saturated heterocycles. The molecule has 0 fully saturated rings. The quantitative estimate of drug-likeness (QED) is 0.472. The maximum absolute atomic E-state index is 12.7. The van der Waals surface area contributed by atoms with Gasteiger partial charge in [0.15, 0.2) is 5.76 Å². The molecule has 3 aromatic heterocycles. The summed E-state index contributed by atoms with van der Waals surface area (Å²) in [4.78, 5) is 29.5. The van der Waals surface area contributed by atoms with Gasteiger partial charge in [-0.05, 0) is 41.8 Å². The Kier molecular flexibility index (Phi) is 5.76. The molecular weight excluding hydrogens is 400 g/mol. The Hall–Kier alpha value is -3.65. The fourth-order valence-electron chi connectivity index (χ4n) is 3.07. The van der Waals surface area contributed by atoms with E-state index < -0.39 is 0 Å². The number of hydrogen-bond acceptors (Lipinski definition) is 5. The topological polar surface area (TPSA) is 89.2 Å². The van der Waals surface area contributed by atoms with Crippen LogP contribution in [0.1, 0.15) is 36.9 Å². The number of nitrogens with zero attached hydrogens (tertiary/aromatic N) is 2. The minimum absolute atomic E-state index is 0.173. The zero-order chi connectivity index (χ0) is 20.9. The highest BCUT2D eigenvalue weighted by Crippen LogP contribution is 2.27. The van der Waals surface area contributed by atoms with Gasteiger partial charge in [0.2, 0.25) is 0 Å². The summed E-state index contributed by atoms with van der Waals surface area (Å²) >= 11 is 1.24. The van der Waals surface area contributed by atoms with Gasteiger partial charge in [0.25, 0.3) is 11.8 Å². The molecule has 7 nitrogen and oxygen atoms in total. The van der Waals surface area contributed by atoms with Crippen LogP contribution in [0.15, 0.2) is 71.9 Å². The number of anilines is 1. The average Bonchev–Trinajstić information content (AvgIpc) is 3.49. The molecule has 0 unspecified atom stereocenters.